The predicted molar refractivity (Wildman–Crippen MR) is 90.5 cm³/mol. The van der Waals surface area contributed by atoms with Crippen molar-refractivity contribution in [1.82, 2.24) is 0 Å². The van der Waals surface area contributed by atoms with Gasteiger partial charge in [0.1, 0.15) is 5.75 Å². The number of rotatable bonds is 4. The molecule has 0 spiro atoms. The fourth-order valence-corrected chi connectivity index (χ4v) is 2.98. The maximum Gasteiger partial charge on any atom is 0.124 e. The standard InChI is InChI=1S/C15H14Br2ClNO/c1-2-20-13-7-6-9(16)8-11(13)15(19)10-4-3-5-12(17)14(10)18/h3-8,15H,2,19H2,1H3. The Bertz CT molecular complexity index is 619. The van der Waals surface area contributed by atoms with Crippen LogP contribution in [0.15, 0.2) is 45.3 Å². The number of halogens is 3. The van der Waals surface area contributed by atoms with Gasteiger partial charge in [-0.3, -0.25) is 0 Å². The van der Waals surface area contributed by atoms with Gasteiger partial charge in [-0.1, -0.05) is 39.7 Å². The van der Waals surface area contributed by atoms with Crippen molar-refractivity contribution in [3.63, 3.8) is 0 Å². The SMILES string of the molecule is CCOc1ccc(Br)cc1C(N)c1cccc(Br)c1Cl. The van der Waals surface area contributed by atoms with Crippen LogP contribution in [0.3, 0.4) is 0 Å². The highest BCUT2D eigenvalue weighted by Crippen LogP contribution is 2.36. The summed E-state index contributed by atoms with van der Waals surface area (Å²) in [5.41, 5.74) is 8.15. The molecule has 2 rings (SSSR count). The maximum atomic E-state index is 6.38. The quantitative estimate of drug-likeness (QED) is 0.729. The third-order valence-electron chi connectivity index (χ3n) is 2.92. The van der Waals surface area contributed by atoms with E-state index in [1.807, 2.05) is 43.3 Å². The first kappa shape index (κ1) is 15.8. The molecular weight excluding hydrogens is 405 g/mol. The molecule has 0 aliphatic rings. The van der Waals surface area contributed by atoms with Gasteiger partial charge in [0, 0.05) is 14.5 Å². The van der Waals surface area contributed by atoms with E-state index in [9.17, 15) is 0 Å². The molecule has 0 aromatic heterocycles. The Labute approximate surface area is 140 Å². The normalized spacial score (nSPS) is 12.2. The predicted octanol–water partition coefficient (Wildman–Crippen LogP) is 5.31. The van der Waals surface area contributed by atoms with Gasteiger partial charge in [0.05, 0.1) is 17.7 Å². The van der Waals surface area contributed by atoms with Gasteiger partial charge in [-0.15, -0.1) is 0 Å². The summed E-state index contributed by atoms with van der Waals surface area (Å²) in [6, 6.07) is 11.2. The van der Waals surface area contributed by atoms with Gasteiger partial charge in [-0.25, -0.2) is 0 Å². The van der Waals surface area contributed by atoms with Gasteiger partial charge in [0.15, 0.2) is 0 Å². The maximum absolute atomic E-state index is 6.38. The van der Waals surface area contributed by atoms with Crippen LogP contribution in [0.4, 0.5) is 0 Å². The molecule has 0 fully saturated rings. The number of hydrogen-bond acceptors (Lipinski definition) is 2. The van der Waals surface area contributed by atoms with Crippen molar-refractivity contribution < 1.29 is 4.74 Å². The molecule has 20 heavy (non-hydrogen) atoms. The smallest absolute Gasteiger partial charge is 0.124 e. The Kier molecular flexibility index (Phi) is 5.49. The van der Waals surface area contributed by atoms with Crippen LogP contribution in [0.1, 0.15) is 24.1 Å². The summed E-state index contributed by atoms with van der Waals surface area (Å²) in [5, 5.41) is 0.627. The van der Waals surface area contributed by atoms with Crippen LogP contribution in [0.2, 0.25) is 5.02 Å². The molecular formula is C15H14Br2ClNO. The Morgan fingerprint density at radius 2 is 1.95 bits per heavy atom. The van der Waals surface area contributed by atoms with Gasteiger partial charge in [-0.2, -0.15) is 0 Å². The highest BCUT2D eigenvalue weighted by molar-refractivity contribution is 9.10. The van der Waals surface area contributed by atoms with Gasteiger partial charge < -0.3 is 10.5 Å². The average molecular weight is 420 g/mol. The van der Waals surface area contributed by atoms with Gasteiger partial charge in [-0.05, 0) is 52.7 Å². The topological polar surface area (TPSA) is 35.2 Å². The highest BCUT2D eigenvalue weighted by atomic mass is 79.9. The molecule has 1 atom stereocenters. The van der Waals surface area contributed by atoms with E-state index in [0.29, 0.717) is 11.6 Å². The molecule has 5 heteroatoms. The molecule has 1 unspecified atom stereocenters. The van der Waals surface area contributed by atoms with Crippen molar-refractivity contribution >= 4 is 43.5 Å². The Hall–Kier alpha value is -0.550. The second-order valence-corrected chi connectivity index (χ2v) is 6.38. The first-order chi connectivity index (χ1) is 9.54. The molecule has 0 aliphatic carbocycles. The molecule has 0 bridgehead atoms. The van der Waals surface area contributed by atoms with Gasteiger partial charge >= 0.3 is 0 Å². The van der Waals surface area contributed by atoms with Crippen LogP contribution in [0.5, 0.6) is 5.75 Å². The van der Waals surface area contributed by atoms with Crippen molar-refractivity contribution in [1.29, 1.82) is 0 Å². The largest absolute Gasteiger partial charge is 0.494 e. The second-order valence-electron chi connectivity index (χ2n) is 4.24. The summed E-state index contributed by atoms with van der Waals surface area (Å²) in [6.07, 6.45) is 0. The van der Waals surface area contributed by atoms with Crippen LogP contribution in [0.25, 0.3) is 0 Å². The summed E-state index contributed by atoms with van der Waals surface area (Å²) >= 11 is 13.2. The van der Waals surface area contributed by atoms with Crippen LogP contribution >= 0.6 is 43.5 Å². The molecule has 2 aromatic rings. The minimum atomic E-state index is -0.348. The van der Waals surface area contributed by atoms with Crippen LogP contribution in [-0.4, -0.2) is 6.61 Å². The zero-order valence-corrected chi connectivity index (χ0v) is 14.8. The number of nitrogens with two attached hydrogens (primary N) is 1. The molecule has 2 aromatic carbocycles. The van der Waals surface area contributed by atoms with Crippen molar-refractivity contribution in [2.24, 2.45) is 5.73 Å². The Morgan fingerprint density at radius 1 is 1.20 bits per heavy atom. The van der Waals surface area contributed by atoms with Crippen LogP contribution < -0.4 is 10.5 Å². The summed E-state index contributed by atoms with van der Waals surface area (Å²) in [4.78, 5) is 0. The lowest BCUT2D eigenvalue weighted by molar-refractivity contribution is 0.335. The van der Waals surface area contributed by atoms with Gasteiger partial charge in [0.25, 0.3) is 0 Å². The summed E-state index contributed by atoms with van der Waals surface area (Å²) < 4.78 is 7.44. The molecule has 0 radical (unpaired) electrons. The molecule has 0 amide bonds. The molecule has 0 aliphatic heterocycles. The third-order valence-corrected chi connectivity index (χ3v) is 4.73. The lowest BCUT2D eigenvalue weighted by Gasteiger charge is -2.19. The molecule has 0 heterocycles. The minimum absolute atomic E-state index is 0.348. The van der Waals surface area contributed by atoms with Crippen molar-refractivity contribution in [2.45, 2.75) is 13.0 Å². The molecule has 2 N–H and O–H groups in total. The summed E-state index contributed by atoms with van der Waals surface area (Å²) in [5.74, 6) is 0.777. The highest BCUT2D eigenvalue weighted by Gasteiger charge is 2.18. The lowest BCUT2D eigenvalue weighted by Crippen LogP contribution is -2.14. The molecule has 106 valence electrons. The van der Waals surface area contributed by atoms with E-state index in [1.165, 1.54) is 0 Å². The first-order valence-electron chi connectivity index (χ1n) is 6.16. The summed E-state index contributed by atoms with van der Waals surface area (Å²) in [6.45, 7) is 2.54. The monoisotopic (exact) mass is 417 g/mol. The minimum Gasteiger partial charge on any atom is -0.494 e. The number of ether oxygens (including phenoxy) is 1. The van der Waals surface area contributed by atoms with Crippen molar-refractivity contribution in [3.8, 4) is 5.75 Å². The van der Waals surface area contributed by atoms with E-state index >= 15 is 0 Å². The van der Waals surface area contributed by atoms with Crippen LogP contribution in [-0.2, 0) is 0 Å². The number of hydrogen-bond donors (Lipinski definition) is 1. The van der Waals surface area contributed by atoms with Crippen molar-refractivity contribution in [2.75, 3.05) is 6.61 Å². The number of benzene rings is 2. The van der Waals surface area contributed by atoms with Gasteiger partial charge in [0.2, 0.25) is 0 Å². The Balaban J connectivity index is 2.49. The van der Waals surface area contributed by atoms with E-state index in [0.717, 1.165) is 25.8 Å². The fraction of sp³-hybridized carbons (Fsp3) is 0.200. The lowest BCUT2D eigenvalue weighted by atomic mass is 9.99. The second kappa shape index (κ2) is 6.94. The van der Waals surface area contributed by atoms with E-state index in [1.54, 1.807) is 0 Å². The Morgan fingerprint density at radius 3 is 2.65 bits per heavy atom. The molecule has 0 saturated carbocycles. The molecule has 2 nitrogen and oxygen atoms in total. The van der Waals surface area contributed by atoms with E-state index in [-0.39, 0.29) is 6.04 Å². The third kappa shape index (κ3) is 3.37. The zero-order chi connectivity index (χ0) is 14.7. The zero-order valence-electron chi connectivity index (χ0n) is 10.9. The average Bonchev–Trinajstić information content (AvgIpc) is 2.43. The fourth-order valence-electron chi connectivity index (χ4n) is 1.98. The van der Waals surface area contributed by atoms with E-state index < -0.39 is 0 Å². The first-order valence-corrected chi connectivity index (χ1v) is 8.12. The van der Waals surface area contributed by atoms with Crippen LogP contribution in [0, 0.1) is 0 Å². The van der Waals surface area contributed by atoms with Crippen molar-refractivity contribution in [3.05, 3.63) is 61.5 Å². The molecule has 0 saturated heterocycles. The van der Waals surface area contributed by atoms with E-state index in [4.69, 9.17) is 22.1 Å². The van der Waals surface area contributed by atoms with E-state index in [2.05, 4.69) is 31.9 Å². The summed E-state index contributed by atoms with van der Waals surface area (Å²) in [7, 11) is 0.